The average molecular weight is 192 g/mol. The second kappa shape index (κ2) is 3.16. The SMILES string of the molecule is COC1OC(CO)C(O)C2SC12. The minimum absolute atomic E-state index is 0.148. The summed E-state index contributed by atoms with van der Waals surface area (Å²) in [5.41, 5.74) is 0. The van der Waals surface area contributed by atoms with E-state index in [1.54, 1.807) is 18.9 Å². The maximum atomic E-state index is 9.53. The van der Waals surface area contributed by atoms with Crippen LogP contribution in [0.1, 0.15) is 0 Å². The van der Waals surface area contributed by atoms with E-state index in [0.29, 0.717) is 0 Å². The molecule has 0 aromatic carbocycles. The highest BCUT2D eigenvalue weighted by Crippen LogP contribution is 2.51. The largest absolute Gasteiger partial charge is 0.394 e. The minimum atomic E-state index is -0.545. The van der Waals surface area contributed by atoms with Gasteiger partial charge >= 0.3 is 0 Å². The van der Waals surface area contributed by atoms with Crippen LogP contribution in [0, 0.1) is 0 Å². The Kier molecular flexibility index (Phi) is 2.31. The zero-order valence-electron chi connectivity index (χ0n) is 6.71. The normalized spacial score (nSPS) is 51.8. The summed E-state index contributed by atoms with van der Waals surface area (Å²) in [4.78, 5) is 0. The lowest BCUT2D eigenvalue weighted by atomic mass is 10.1. The van der Waals surface area contributed by atoms with Gasteiger partial charge in [0, 0.05) is 7.11 Å². The third-order valence-corrected chi connectivity index (χ3v) is 3.67. The molecular formula is C7H12O4S. The van der Waals surface area contributed by atoms with Crippen molar-refractivity contribution in [3.8, 4) is 0 Å². The monoisotopic (exact) mass is 192 g/mol. The average Bonchev–Trinajstić information content (AvgIpc) is 2.85. The maximum absolute atomic E-state index is 9.53. The number of thioether (sulfide) groups is 1. The summed E-state index contributed by atoms with van der Waals surface area (Å²) < 4.78 is 10.4. The number of hydrogen-bond acceptors (Lipinski definition) is 5. The van der Waals surface area contributed by atoms with Crippen LogP contribution in [0.15, 0.2) is 0 Å². The summed E-state index contributed by atoms with van der Waals surface area (Å²) in [5.74, 6) is 0. The number of hydrogen-bond donors (Lipinski definition) is 2. The molecule has 2 heterocycles. The molecule has 0 aliphatic carbocycles. The number of ether oxygens (including phenoxy) is 2. The molecule has 0 spiro atoms. The second-order valence-electron chi connectivity index (χ2n) is 3.02. The van der Waals surface area contributed by atoms with Gasteiger partial charge in [0.25, 0.3) is 0 Å². The summed E-state index contributed by atoms with van der Waals surface area (Å²) in [7, 11) is 1.58. The molecule has 0 amide bonds. The molecule has 0 aromatic heterocycles. The lowest BCUT2D eigenvalue weighted by Gasteiger charge is -2.30. The van der Waals surface area contributed by atoms with E-state index in [1.807, 2.05) is 0 Å². The van der Waals surface area contributed by atoms with Crippen LogP contribution >= 0.6 is 11.8 Å². The van der Waals surface area contributed by atoms with Gasteiger partial charge in [0.05, 0.1) is 23.2 Å². The number of aliphatic hydroxyl groups excluding tert-OH is 2. The molecule has 0 radical (unpaired) electrons. The van der Waals surface area contributed by atoms with Crippen LogP contribution in [0.25, 0.3) is 0 Å². The Morgan fingerprint density at radius 2 is 2.25 bits per heavy atom. The molecule has 2 rings (SSSR count). The summed E-state index contributed by atoms with van der Waals surface area (Å²) >= 11 is 1.65. The molecule has 0 saturated carbocycles. The molecule has 70 valence electrons. The Balaban J connectivity index is 2.01. The lowest BCUT2D eigenvalue weighted by Crippen LogP contribution is -2.47. The van der Waals surface area contributed by atoms with Crippen molar-refractivity contribution in [1.29, 1.82) is 0 Å². The first kappa shape index (κ1) is 8.77. The van der Waals surface area contributed by atoms with Gasteiger partial charge in [-0.15, -0.1) is 11.8 Å². The molecule has 2 fully saturated rings. The molecule has 2 saturated heterocycles. The van der Waals surface area contributed by atoms with Crippen molar-refractivity contribution in [2.45, 2.75) is 29.0 Å². The van der Waals surface area contributed by atoms with Gasteiger partial charge in [0.1, 0.15) is 6.10 Å². The molecule has 2 aliphatic rings. The molecule has 5 heteroatoms. The van der Waals surface area contributed by atoms with Crippen molar-refractivity contribution in [2.24, 2.45) is 0 Å². The van der Waals surface area contributed by atoms with E-state index in [9.17, 15) is 5.11 Å². The Morgan fingerprint density at radius 3 is 2.83 bits per heavy atom. The molecule has 5 unspecified atom stereocenters. The Labute approximate surface area is 74.9 Å². The van der Waals surface area contributed by atoms with Crippen molar-refractivity contribution in [3.05, 3.63) is 0 Å². The minimum Gasteiger partial charge on any atom is -0.394 e. The van der Waals surface area contributed by atoms with Gasteiger partial charge < -0.3 is 19.7 Å². The highest BCUT2D eigenvalue weighted by atomic mass is 32.2. The van der Waals surface area contributed by atoms with E-state index < -0.39 is 12.2 Å². The Hall–Kier alpha value is 0.190. The maximum Gasteiger partial charge on any atom is 0.170 e. The summed E-state index contributed by atoms with van der Waals surface area (Å²) in [5, 5.41) is 18.8. The zero-order chi connectivity index (χ0) is 8.72. The van der Waals surface area contributed by atoms with Crippen molar-refractivity contribution in [3.63, 3.8) is 0 Å². The molecule has 0 bridgehead atoms. The van der Waals surface area contributed by atoms with Crippen molar-refractivity contribution in [1.82, 2.24) is 0 Å². The predicted octanol–water partition coefficient (Wildman–Crippen LogP) is -0.805. The van der Waals surface area contributed by atoms with Gasteiger partial charge in [-0.3, -0.25) is 0 Å². The third kappa shape index (κ3) is 1.25. The quantitative estimate of drug-likeness (QED) is 0.561. The van der Waals surface area contributed by atoms with Crippen molar-refractivity contribution < 1.29 is 19.7 Å². The Bertz CT molecular complexity index is 177. The predicted molar refractivity (Wildman–Crippen MR) is 43.9 cm³/mol. The van der Waals surface area contributed by atoms with Gasteiger partial charge in [-0.25, -0.2) is 0 Å². The van der Waals surface area contributed by atoms with Gasteiger partial charge in [-0.1, -0.05) is 0 Å². The number of rotatable bonds is 2. The van der Waals surface area contributed by atoms with Crippen LogP contribution in [-0.4, -0.2) is 52.9 Å². The lowest BCUT2D eigenvalue weighted by molar-refractivity contribution is -0.205. The van der Waals surface area contributed by atoms with Crippen molar-refractivity contribution in [2.75, 3.05) is 13.7 Å². The molecular weight excluding hydrogens is 180 g/mol. The highest BCUT2D eigenvalue weighted by Gasteiger charge is 2.56. The zero-order valence-corrected chi connectivity index (χ0v) is 7.53. The van der Waals surface area contributed by atoms with Gasteiger partial charge in [0.2, 0.25) is 0 Å². The van der Waals surface area contributed by atoms with Crippen LogP contribution < -0.4 is 0 Å². The topological polar surface area (TPSA) is 58.9 Å². The van der Waals surface area contributed by atoms with E-state index in [1.165, 1.54) is 0 Å². The first-order valence-electron chi connectivity index (χ1n) is 3.90. The second-order valence-corrected chi connectivity index (χ2v) is 4.38. The fraction of sp³-hybridized carbons (Fsp3) is 1.00. The summed E-state index contributed by atoms with van der Waals surface area (Å²) in [6, 6.07) is 0. The van der Waals surface area contributed by atoms with E-state index in [2.05, 4.69) is 0 Å². The molecule has 5 atom stereocenters. The molecule has 12 heavy (non-hydrogen) atoms. The summed E-state index contributed by atoms with van der Waals surface area (Å²) in [6.07, 6.45) is -1.29. The highest BCUT2D eigenvalue weighted by molar-refractivity contribution is 8.07. The fourth-order valence-corrected chi connectivity index (χ4v) is 2.71. The molecule has 4 nitrogen and oxygen atoms in total. The number of fused-ring (bicyclic) bond motifs is 1. The van der Waals surface area contributed by atoms with Gasteiger partial charge in [-0.05, 0) is 0 Å². The van der Waals surface area contributed by atoms with Crippen LogP contribution in [0.2, 0.25) is 0 Å². The fourth-order valence-electron chi connectivity index (χ4n) is 1.51. The van der Waals surface area contributed by atoms with Crippen LogP contribution in [0.4, 0.5) is 0 Å². The van der Waals surface area contributed by atoms with E-state index in [0.717, 1.165) is 0 Å². The van der Waals surface area contributed by atoms with Crippen LogP contribution in [-0.2, 0) is 9.47 Å². The molecule has 0 aromatic rings. The number of aliphatic hydroxyl groups is 2. The van der Waals surface area contributed by atoms with Crippen LogP contribution in [0.3, 0.4) is 0 Å². The van der Waals surface area contributed by atoms with E-state index in [4.69, 9.17) is 14.6 Å². The standard InChI is InChI=1S/C7H12O4S/c1-10-7-6-5(12-6)4(9)3(2-8)11-7/h3-9H,2H2,1H3. The van der Waals surface area contributed by atoms with Gasteiger partial charge in [0.15, 0.2) is 6.29 Å². The van der Waals surface area contributed by atoms with Crippen molar-refractivity contribution >= 4 is 11.8 Å². The van der Waals surface area contributed by atoms with Crippen LogP contribution in [0.5, 0.6) is 0 Å². The van der Waals surface area contributed by atoms with E-state index >= 15 is 0 Å². The Morgan fingerprint density at radius 1 is 1.50 bits per heavy atom. The molecule has 2 N–H and O–H groups in total. The smallest absolute Gasteiger partial charge is 0.170 e. The number of methoxy groups -OCH3 is 1. The van der Waals surface area contributed by atoms with Gasteiger partial charge in [-0.2, -0.15) is 0 Å². The first-order valence-corrected chi connectivity index (χ1v) is 4.85. The summed E-state index contributed by atoms with van der Waals surface area (Å²) in [6.45, 7) is -0.148. The molecule has 2 aliphatic heterocycles. The third-order valence-electron chi connectivity index (χ3n) is 2.27. The first-order chi connectivity index (χ1) is 5.77. The van der Waals surface area contributed by atoms with E-state index in [-0.39, 0.29) is 23.4 Å².